The molecule has 17 heavy (non-hydrogen) atoms. The van der Waals surface area contributed by atoms with Crippen molar-refractivity contribution in [1.82, 2.24) is 4.90 Å². The second-order valence-electron chi connectivity index (χ2n) is 4.50. The molecule has 0 amide bonds. The molecule has 1 unspecified atom stereocenters. The van der Waals surface area contributed by atoms with Crippen LogP contribution in [-0.2, 0) is 14.3 Å². The van der Waals surface area contributed by atoms with E-state index >= 15 is 0 Å². The van der Waals surface area contributed by atoms with E-state index in [1.54, 1.807) is 14.2 Å². The highest BCUT2D eigenvalue weighted by Crippen LogP contribution is 2.35. The van der Waals surface area contributed by atoms with Gasteiger partial charge in [0.05, 0.1) is 6.61 Å². The van der Waals surface area contributed by atoms with E-state index in [9.17, 15) is 9.90 Å². The van der Waals surface area contributed by atoms with Crippen LogP contribution < -0.4 is 0 Å². The largest absolute Gasteiger partial charge is 0.480 e. The van der Waals surface area contributed by atoms with E-state index in [1.165, 1.54) is 0 Å². The molecule has 1 aliphatic carbocycles. The zero-order valence-electron chi connectivity index (χ0n) is 10.7. The molecule has 1 saturated carbocycles. The quantitative estimate of drug-likeness (QED) is 0.578. The van der Waals surface area contributed by atoms with E-state index in [1.807, 2.05) is 4.90 Å². The molecular formula is C12H23NO4. The number of carbonyl (C=O) groups is 1. The van der Waals surface area contributed by atoms with Crippen LogP contribution in [0.15, 0.2) is 0 Å². The molecule has 0 radical (unpaired) electrons. The standard InChI is InChI=1S/C12H23NO4/c1-16-8-3-6-13(7-9-17-2)11(12(14)15)10-4-5-10/h10-11H,3-9H2,1-2H3,(H,14,15). The molecule has 5 heteroatoms. The first kappa shape index (κ1) is 14.4. The Morgan fingerprint density at radius 1 is 1.29 bits per heavy atom. The molecule has 0 saturated heterocycles. The van der Waals surface area contributed by atoms with Crippen LogP contribution in [0.1, 0.15) is 19.3 Å². The minimum atomic E-state index is -0.707. The second-order valence-corrected chi connectivity index (χ2v) is 4.50. The molecule has 1 N–H and O–H groups in total. The van der Waals surface area contributed by atoms with Crippen molar-refractivity contribution < 1.29 is 19.4 Å². The van der Waals surface area contributed by atoms with Gasteiger partial charge in [0, 0.05) is 33.9 Å². The normalized spacial score (nSPS) is 17.4. The molecule has 0 aliphatic heterocycles. The lowest BCUT2D eigenvalue weighted by molar-refractivity contribution is -0.144. The summed E-state index contributed by atoms with van der Waals surface area (Å²) in [5.41, 5.74) is 0. The minimum Gasteiger partial charge on any atom is -0.480 e. The topological polar surface area (TPSA) is 59.0 Å². The predicted molar refractivity (Wildman–Crippen MR) is 64.1 cm³/mol. The zero-order chi connectivity index (χ0) is 12.7. The van der Waals surface area contributed by atoms with Crippen molar-refractivity contribution in [2.75, 3.05) is 40.5 Å². The molecule has 0 heterocycles. The van der Waals surface area contributed by atoms with E-state index in [2.05, 4.69) is 0 Å². The molecule has 1 aliphatic rings. The maximum Gasteiger partial charge on any atom is 0.321 e. The number of ether oxygens (including phenoxy) is 2. The smallest absolute Gasteiger partial charge is 0.321 e. The summed E-state index contributed by atoms with van der Waals surface area (Å²) in [6, 6.07) is -0.345. The molecule has 0 bridgehead atoms. The number of hydrogen-bond acceptors (Lipinski definition) is 4. The van der Waals surface area contributed by atoms with Crippen molar-refractivity contribution in [3.8, 4) is 0 Å². The summed E-state index contributed by atoms with van der Waals surface area (Å²) in [6.07, 6.45) is 2.92. The van der Waals surface area contributed by atoms with E-state index in [4.69, 9.17) is 9.47 Å². The molecule has 0 spiro atoms. The molecule has 1 rings (SSSR count). The van der Waals surface area contributed by atoms with Gasteiger partial charge >= 0.3 is 5.97 Å². The van der Waals surface area contributed by atoms with Crippen LogP contribution in [-0.4, -0.2) is 62.5 Å². The summed E-state index contributed by atoms with van der Waals surface area (Å²) in [5, 5.41) is 9.30. The summed E-state index contributed by atoms with van der Waals surface area (Å²) in [7, 11) is 3.30. The molecule has 1 fully saturated rings. The maximum atomic E-state index is 11.3. The van der Waals surface area contributed by atoms with Crippen LogP contribution in [0.3, 0.4) is 0 Å². The van der Waals surface area contributed by atoms with Gasteiger partial charge in [-0.25, -0.2) is 0 Å². The molecule has 0 aromatic rings. The SMILES string of the molecule is COCCCN(CCOC)C(C(=O)O)C1CC1. The van der Waals surface area contributed by atoms with Crippen molar-refractivity contribution in [1.29, 1.82) is 0 Å². The first-order chi connectivity index (χ1) is 8.20. The Balaban J connectivity index is 2.48. The van der Waals surface area contributed by atoms with Gasteiger partial charge in [-0.3, -0.25) is 9.69 Å². The lowest BCUT2D eigenvalue weighted by Gasteiger charge is -2.28. The molecular weight excluding hydrogens is 222 g/mol. The Hall–Kier alpha value is -0.650. The Bertz CT molecular complexity index is 231. The van der Waals surface area contributed by atoms with Gasteiger partial charge < -0.3 is 14.6 Å². The van der Waals surface area contributed by atoms with Gasteiger partial charge in [0.1, 0.15) is 6.04 Å². The number of carboxylic acid groups (broad SMARTS) is 1. The van der Waals surface area contributed by atoms with Crippen molar-refractivity contribution >= 4 is 5.97 Å². The third kappa shape index (κ3) is 5.02. The van der Waals surface area contributed by atoms with Crippen LogP contribution in [0.5, 0.6) is 0 Å². The van der Waals surface area contributed by atoms with Gasteiger partial charge in [0.2, 0.25) is 0 Å². The van der Waals surface area contributed by atoms with Crippen LogP contribution >= 0.6 is 0 Å². The number of hydrogen-bond donors (Lipinski definition) is 1. The predicted octanol–water partition coefficient (Wildman–Crippen LogP) is 0.835. The highest BCUT2D eigenvalue weighted by molar-refractivity contribution is 5.74. The van der Waals surface area contributed by atoms with Gasteiger partial charge in [0.25, 0.3) is 0 Å². The van der Waals surface area contributed by atoms with Gasteiger partial charge in [-0.1, -0.05) is 0 Å². The third-order valence-corrected chi connectivity index (χ3v) is 3.09. The average molecular weight is 245 g/mol. The van der Waals surface area contributed by atoms with Crippen LogP contribution in [0.4, 0.5) is 0 Å². The van der Waals surface area contributed by atoms with Crippen molar-refractivity contribution in [3.05, 3.63) is 0 Å². The summed E-state index contributed by atoms with van der Waals surface area (Å²) in [5.74, 6) is -0.382. The van der Waals surface area contributed by atoms with Crippen LogP contribution in [0.2, 0.25) is 0 Å². The van der Waals surface area contributed by atoms with Crippen molar-refractivity contribution in [2.24, 2.45) is 5.92 Å². The summed E-state index contributed by atoms with van der Waals surface area (Å²) < 4.78 is 10.1. The maximum absolute atomic E-state index is 11.3. The fourth-order valence-corrected chi connectivity index (χ4v) is 2.08. The molecule has 0 aromatic heterocycles. The van der Waals surface area contributed by atoms with Crippen molar-refractivity contribution in [2.45, 2.75) is 25.3 Å². The average Bonchev–Trinajstić information content (AvgIpc) is 3.09. The van der Waals surface area contributed by atoms with Gasteiger partial charge in [-0.05, 0) is 25.2 Å². The summed E-state index contributed by atoms with van der Waals surface area (Å²) in [4.78, 5) is 13.3. The van der Waals surface area contributed by atoms with E-state index < -0.39 is 5.97 Å². The Kier molecular flexibility index (Phi) is 6.47. The fraction of sp³-hybridized carbons (Fsp3) is 0.917. The lowest BCUT2D eigenvalue weighted by Crippen LogP contribution is -2.45. The highest BCUT2D eigenvalue weighted by Gasteiger charge is 2.39. The Morgan fingerprint density at radius 3 is 2.41 bits per heavy atom. The number of nitrogens with zero attached hydrogens (tertiary/aromatic N) is 1. The highest BCUT2D eigenvalue weighted by atomic mass is 16.5. The Labute approximate surface area is 103 Å². The monoisotopic (exact) mass is 245 g/mol. The van der Waals surface area contributed by atoms with Crippen LogP contribution in [0.25, 0.3) is 0 Å². The van der Waals surface area contributed by atoms with E-state index in [0.717, 1.165) is 25.8 Å². The lowest BCUT2D eigenvalue weighted by atomic mass is 10.1. The fourth-order valence-electron chi connectivity index (χ4n) is 2.08. The molecule has 100 valence electrons. The first-order valence-electron chi connectivity index (χ1n) is 6.15. The number of rotatable bonds is 10. The molecule has 0 aromatic carbocycles. The van der Waals surface area contributed by atoms with Gasteiger partial charge in [0.15, 0.2) is 0 Å². The number of aliphatic carboxylic acids is 1. The van der Waals surface area contributed by atoms with Gasteiger partial charge in [-0.2, -0.15) is 0 Å². The van der Waals surface area contributed by atoms with Crippen molar-refractivity contribution in [3.63, 3.8) is 0 Å². The van der Waals surface area contributed by atoms with Gasteiger partial charge in [-0.15, -0.1) is 0 Å². The zero-order valence-corrected chi connectivity index (χ0v) is 10.7. The van der Waals surface area contributed by atoms with Crippen LogP contribution in [0, 0.1) is 5.92 Å². The summed E-state index contributed by atoms with van der Waals surface area (Å²) in [6.45, 7) is 2.67. The second kappa shape index (κ2) is 7.63. The minimum absolute atomic E-state index is 0.326. The van der Waals surface area contributed by atoms with E-state index in [0.29, 0.717) is 25.7 Å². The number of carboxylic acids is 1. The summed E-state index contributed by atoms with van der Waals surface area (Å²) >= 11 is 0. The number of methoxy groups -OCH3 is 2. The molecule has 5 nitrogen and oxygen atoms in total. The Morgan fingerprint density at radius 2 is 1.94 bits per heavy atom. The third-order valence-electron chi connectivity index (χ3n) is 3.09. The molecule has 1 atom stereocenters. The van der Waals surface area contributed by atoms with E-state index in [-0.39, 0.29) is 6.04 Å². The first-order valence-corrected chi connectivity index (χ1v) is 6.15.